The summed E-state index contributed by atoms with van der Waals surface area (Å²) in [5, 5.41) is 10.7. The predicted molar refractivity (Wildman–Crippen MR) is 156 cm³/mol. The first kappa shape index (κ1) is 30.3. The molecule has 0 bridgehead atoms. The fourth-order valence-corrected chi connectivity index (χ4v) is 9.63. The van der Waals surface area contributed by atoms with Crippen LogP contribution in [0.4, 0.5) is 4.79 Å². The van der Waals surface area contributed by atoms with Crippen molar-refractivity contribution in [1.29, 1.82) is 0 Å². The number of fused-ring (bicyclic) bond motifs is 5. The number of hydrogen-bond acceptors (Lipinski definition) is 4. The van der Waals surface area contributed by atoms with Gasteiger partial charge in [0.1, 0.15) is 5.78 Å². The van der Waals surface area contributed by atoms with E-state index in [4.69, 9.17) is 0 Å². The van der Waals surface area contributed by atoms with Gasteiger partial charge in [-0.3, -0.25) is 9.59 Å². The number of amides is 1. The highest BCUT2D eigenvalue weighted by molar-refractivity contribution is 5.91. The van der Waals surface area contributed by atoms with E-state index in [1.165, 1.54) is 31.3 Å². The van der Waals surface area contributed by atoms with Gasteiger partial charge in [0, 0.05) is 24.9 Å². The van der Waals surface area contributed by atoms with Crippen LogP contribution in [0.3, 0.4) is 0 Å². The topological polar surface area (TPSA) is 77.9 Å². The van der Waals surface area contributed by atoms with Crippen LogP contribution in [0.15, 0.2) is 11.6 Å². The van der Waals surface area contributed by atoms with Gasteiger partial charge in [0.2, 0.25) is 0 Å². The SMILES string of the molecule is CCCCN(CCCC)CCCN(C(=O)O)C1C[C@]2(C)[C@@H](C(C)=O)CC[C@H]2[C@@H]2CCC3=CC(=O)CC[C@]3(C)[C@@H]12. The van der Waals surface area contributed by atoms with Crippen LogP contribution < -0.4 is 0 Å². The van der Waals surface area contributed by atoms with Crippen LogP contribution in [-0.4, -0.2) is 64.8 Å². The van der Waals surface area contributed by atoms with Gasteiger partial charge in [-0.2, -0.15) is 0 Å². The predicted octanol–water partition coefficient (Wildman–Crippen LogP) is 6.97. The summed E-state index contributed by atoms with van der Waals surface area (Å²) in [6, 6.07) is -0.115. The zero-order chi connectivity index (χ0) is 28.4. The maximum Gasteiger partial charge on any atom is 0.407 e. The number of ketones is 2. The third-order valence-electron chi connectivity index (χ3n) is 11.6. The van der Waals surface area contributed by atoms with Crippen molar-refractivity contribution in [2.75, 3.05) is 26.2 Å². The van der Waals surface area contributed by atoms with Crippen LogP contribution in [0.25, 0.3) is 0 Å². The summed E-state index contributed by atoms with van der Waals surface area (Å²) in [5.74, 6) is 1.59. The standard InChI is InChI=1S/C33H54N2O4/c1-6-8-17-34(18-9-7-2)19-10-20-35(31(38)39)29-22-33(5)27(23(3)36)13-14-28(33)26-12-11-24-21-25(37)15-16-32(24,4)30(26)29/h21,26-30H,6-20,22H2,1-5H3,(H,38,39)/t26-,27+,28-,29?,30+,32-,33+/m0/s1. The Balaban J connectivity index is 1.64. The molecule has 0 spiro atoms. The number of Topliss-reactive ketones (excluding diaryl/α,β-unsaturated/α-hetero) is 1. The average Bonchev–Trinajstić information content (AvgIpc) is 3.24. The zero-order valence-corrected chi connectivity index (χ0v) is 25.3. The van der Waals surface area contributed by atoms with E-state index in [2.05, 4.69) is 32.6 Å². The van der Waals surface area contributed by atoms with E-state index in [0.29, 0.717) is 24.8 Å². The van der Waals surface area contributed by atoms with Crippen LogP contribution in [0.2, 0.25) is 0 Å². The number of unbranched alkanes of at least 4 members (excludes halogenated alkanes) is 2. The molecule has 220 valence electrons. The molecule has 1 amide bonds. The van der Waals surface area contributed by atoms with Crippen molar-refractivity contribution < 1.29 is 19.5 Å². The summed E-state index contributed by atoms with van der Waals surface area (Å²) < 4.78 is 0. The molecule has 6 heteroatoms. The van der Waals surface area contributed by atoms with E-state index in [0.717, 1.165) is 64.6 Å². The van der Waals surface area contributed by atoms with Crippen molar-refractivity contribution in [2.24, 2.45) is 34.5 Å². The van der Waals surface area contributed by atoms with Crippen molar-refractivity contribution >= 4 is 17.7 Å². The van der Waals surface area contributed by atoms with Crippen LogP contribution in [0.1, 0.15) is 112 Å². The third-order valence-corrected chi connectivity index (χ3v) is 11.6. The van der Waals surface area contributed by atoms with Gasteiger partial charge >= 0.3 is 6.09 Å². The van der Waals surface area contributed by atoms with Crippen molar-refractivity contribution in [1.82, 2.24) is 9.80 Å². The largest absolute Gasteiger partial charge is 0.465 e. The number of hydrogen-bond donors (Lipinski definition) is 1. The molecule has 6 nitrogen and oxygen atoms in total. The number of allylic oxidation sites excluding steroid dienone is 1. The molecule has 3 fully saturated rings. The first-order valence-electron chi connectivity index (χ1n) is 16.0. The van der Waals surface area contributed by atoms with Crippen LogP contribution in [0, 0.1) is 34.5 Å². The molecule has 0 aliphatic heterocycles. The summed E-state index contributed by atoms with van der Waals surface area (Å²) in [4.78, 5) is 42.6. The molecule has 3 saturated carbocycles. The van der Waals surface area contributed by atoms with Crippen LogP contribution in [-0.2, 0) is 9.59 Å². The number of carbonyl (C=O) groups excluding carboxylic acids is 2. The van der Waals surface area contributed by atoms with Gasteiger partial charge in [-0.05, 0) is 119 Å². The average molecular weight is 543 g/mol. The van der Waals surface area contributed by atoms with Crippen molar-refractivity contribution in [2.45, 2.75) is 118 Å². The molecular weight excluding hydrogens is 488 g/mol. The highest BCUT2D eigenvalue weighted by atomic mass is 16.4. The number of nitrogens with zero attached hydrogens (tertiary/aromatic N) is 2. The molecule has 0 aromatic rings. The summed E-state index contributed by atoms with van der Waals surface area (Å²) >= 11 is 0. The normalized spacial score (nSPS) is 35.7. The lowest BCUT2D eigenvalue weighted by atomic mass is 9.45. The fraction of sp³-hybridized carbons (Fsp3) is 0.848. The van der Waals surface area contributed by atoms with E-state index in [1.807, 2.05) is 6.08 Å². The molecule has 0 heterocycles. The summed E-state index contributed by atoms with van der Waals surface area (Å²) in [6.07, 6.45) is 12.7. The zero-order valence-electron chi connectivity index (χ0n) is 25.3. The molecule has 7 atom stereocenters. The Bertz CT molecular complexity index is 938. The lowest BCUT2D eigenvalue weighted by Crippen LogP contribution is -2.62. The number of carbonyl (C=O) groups is 3. The van der Waals surface area contributed by atoms with Crippen LogP contribution >= 0.6 is 0 Å². The Morgan fingerprint density at radius 2 is 1.64 bits per heavy atom. The minimum atomic E-state index is -0.821. The van der Waals surface area contributed by atoms with E-state index in [1.54, 1.807) is 11.8 Å². The van der Waals surface area contributed by atoms with E-state index in [9.17, 15) is 19.5 Å². The molecule has 0 aromatic heterocycles. The molecule has 0 saturated heterocycles. The first-order valence-corrected chi connectivity index (χ1v) is 16.0. The first-order chi connectivity index (χ1) is 18.6. The molecule has 39 heavy (non-hydrogen) atoms. The van der Waals surface area contributed by atoms with Gasteiger partial charge in [-0.1, -0.05) is 46.1 Å². The molecule has 0 radical (unpaired) electrons. The highest BCUT2D eigenvalue weighted by Gasteiger charge is 2.64. The number of rotatable bonds is 12. The second-order valence-corrected chi connectivity index (χ2v) is 13.8. The summed E-state index contributed by atoms with van der Waals surface area (Å²) in [5.41, 5.74) is 0.964. The molecule has 4 aliphatic carbocycles. The molecule has 1 unspecified atom stereocenters. The van der Waals surface area contributed by atoms with Gasteiger partial charge in [0.15, 0.2) is 5.78 Å². The Morgan fingerprint density at radius 3 is 2.26 bits per heavy atom. The fourth-order valence-electron chi connectivity index (χ4n) is 9.63. The molecule has 4 rings (SSSR count). The van der Waals surface area contributed by atoms with Crippen LogP contribution in [0.5, 0.6) is 0 Å². The van der Waals surface area contributed by atoms with Crippen molar-refractivity contribution in [3.8, 4) is 0 Å². The summed E-state index contributed by atoms with van der Waals surface area (Å²) in [6.45, 7) is 14.4. The Hall–Kier alpha value is -1.69. The van der Waals surface area contributed by atoms with E-state index >= 15 is 0 Å². The van der Waals surface area contributed by atoms with E-state index in [-0.39, 0.29) is 40.3 Å². The third kappa shape index (κ3) is 5.87. The minimum Gasteiger partial charge on any atom is -0.465 e. The lowest BCUT2D eigenvalue weighted by molar-refractivity contribution is -0.134. The molecule has 1 N–H and O–H groups in total. The Labute approximate surface area is 237 Å². The second kappa shape index (κ2) is 12.4. The van der Waals surface area contributed by atoms with Gasteiger partial charge in [-0.15, -0.1) is 0 Å². The van der Waals surface area contributed by atoms with Gasteiger partial charge < -0.3 is 14.9 Å². The maximum absolute atomic E-state index is 13.0. The quantitative estimate of drug-likeness (QED) is 0.288. The maximum atomic E-state index is 13.0. The Morgan fingerprint density at radius 1 is 0.974 bits per heavy atom. The number of carboxylic acid groups (broad SMARTS) is 1. The monoisotopic (exact) mass is 542 g/mol. The summed E-state index contributed by atoms with van der Waals surface area (Å²) in [7, 11) is 0. The highest BCUT2D eigenvalue weighted by Crippen LogP contribution is 2.67. The lowest BCUT2D eigenvalue weighted by Gasteiger charge is -2.62. The second-order valence-electron chi connectivity index (χ2n) is 13.8. The molecule has 0 aromatic carbocycles. The van der Waals surface area contributed by atoms with Crippen molar-refractivity contribution in [3.63, 3.8) is 0 Å². The van der Waals surface area contributed by atoms with Gasteiger partial charge in [0.05, 0.1) is 0 Å². The van der Waals surface area contributed by atoms with Gasteiger partial charge in [-0.25, -0.2) is 4.79 Å². The van der Waals surface area contributed by atoms with E-state index < -0.39 is 6.09 Å². The smallest absolute Gasteiger partial charge is 0.407 e. The minimum absolute atomic E-state index is 0.0258. The Kier molecular flexibility index (Phi) is 9.66. The molecular formula is C33H54N2O4. The molecule has 4 aliphatic rings. The van der Waals surface area contributed by atoms with Gasteiger partial charge in [0.25, 0.3) is 0 Å². The van der Waals surface area contributed by atoms with Crippen molar-refractivity contribution in [3.05, 3.63) is 11.6 Å².